The van der Waals surface area contributed by atoms with Crippen molar-refractivity contribution >= 4 is 11.6 Å². The molecule has 20 heavy (non-hydrogen) atoms. The molecule has 1 unspecified atom stereocenters. The van der Waals surface area contributed by atoms with E-state index in [0.29, 0.717) is 5.02 Å². The number of methoxy groups -OCH3 is 1. The van der Waals surface area contributed by atoms with Crippen LogP contribution >= 0.6 is 11.6 Å². The van der Waals surface area contributed by atoms with Crippen molar-refractivity contribution in [3.8, 4) is 5.75 Å². The molecular formula is C14H19ClN4O. The normalized spacial score (nSPS) is 12.4. The lowest BCUT2D eigenvalue weighted by molar-refractivity contribution is 0.404. The minimum atomic E-state index is -0.214. The van der Waals surface area contributed by atoms with Crippen molar-refractivity contribution in [1.29, 1.82) is 0 Å². The molecule has 1 aromatic heterocycles. The summed E-state index contributed by atoms with van der Waals surface area (Å²) in [7, 11) is 1.63. The molecule has 0 aliphatic heterocycles. The van der Waals surface area contributed by atoms with Crippen LogP contribution in [-0.2, 0) is 6.54 Å². The van der Waals surface area contributed by atoms with E-state index in [0.717, 1.165) is 29.8 Å². The fourth-order valence-corrected chi connectivity index (χ4v) is 2.36. The summed E-state index contributed by atoms with van der Waals surface area (Å²) in [5, 5.41) is 4.97. The highest BCUT2D eigenvalue weighted by atomic mass is 35.5. The zero-order valence-electron chi connectivity index (χ0n) is 11.6. The number of aryl methyl sites for hydroxylation is 1. The van der Waals surface area contributed by atoms with E-state index in [2.05, 4.69) is 17.4 Å². The van der Waals surface area contributed by atoms with Gasteiger partial charge in [0.15, 0.2) is 0 Å². The van der Waals surface area contributed by atoms with Crippen LogP contribution in [-0.4, -0.2) is 16.9 Å². The molecule has 0 aliphatic carbocycles. The number of nitrogens with two attached hydrogens (primary N) is 1. The molecule has 1 heterocycles. The SMILES string of the molecule is CCCn1cc(C(NN)c2cc(Cl)ccc2OC)cn1. The first-order valence-electron chi connectivity index (χ1n) is 6.51. The Balaban J connectivity index is 2.38. The summed E-state index contributed by atoms with van der Waals surface area (Å²) in [6, 6.07) is 5.26. The number of halogens is 1. The van der Waals surface area contributed by atoms with Crippen LogP contribution in [0.1, 0.15) is 30.5 Å². The highest BCUT2D eigenvalue weighted by Crippen LogP contribution is 2.31. The van der Waals surface area contributed by atoms with Crippen LogP contribution in [0.2, 0.25) is 5.02 Å². The van der Waals surface area contributed by atoms with Gasteiger partial charge in [0.25, 0.3) is 0 Å². The van der Waals surface area contributed by atoms with E-state index >= 15 is 0 Å². The number of hydrogen-bond donors (Lipinski definition) is 2. The van der Waals surface area contributed by atoms with Crippen molar-refractivity contribution in [3.05, 3.63) is 46.7 Å². The molecule has 1 atom stereocenters. The Bertz CT molecular complexity index is 570. The second kappa shape index (κ2) is 6.74. The number of hydrazine groups is 1. The van der Waals surface area contributed by atoms with E-state index in [1.165, 1.54) is 0 Å². The first-order valence-corrected chi connectivity index (χ1v) is 6.89. The Hall–Kier alpha value is -1.56. The minimum absolute atomic E-state index is 0.214. The Morgan fingerprint density at radius 3 is 2.95 bits per heavy atom. The number of nitrogens with zero attached hydrogens (tertiary/aromatic N) is 2. The van der Waals surface area contributed by atoms with Gasteiger partial charge in [-0.15, -0.1) is 0 Å². The monoisotopic (exact) mass is 294 g/mol. The molecule has 0 amide bonds. The molecule has 1 aromatic carbocycles. The Kier molecular flexibility index (Phi) is 5.00. The number of aromatic nitrogens is 2. The van der Waals surface area contributed by atoms with Gasteiger partial charge in [0, 0.05) is 28.9 Å². The van der Waals surface area contributed by atoms with E-state index in [1.54, 1.807) is 19.4 Å². The zero-order chi connectivity index (χ0) is 14.5. The van der Waals surface area contributed by atoms with E-state index < -0.39 is 0 Å². The summed E-state index contributed by atoms with van der Waals surface area (Å²) < 4.78 is 7.28. The van der Waals surface area contributed by atoms with Crippen molar-refractivity contribution in [3.63, 3.8) is 0 Å². The lowest BCUT2D eigenvalue weighted by atomic mass is 10.0. The van der Waals surface area contributed by atoms with E-state index in [1.807, 2.05) is 23.0 Å². The second-order valence-electron chi connectivity index (χ2n) is 4.52. The van der Waals surface area contributed by atoms with E-state index in [4.69, 9.17) is 22.2 Å². The maximum absolute atomic E-state index is 6.07. The van der Waals surface area contributed by atoms with Crippen LogP contribution in [0.25, 0.3) is 0 Å². The van der Waals surface area contributed by atoms with Gasteiger partial charge in [-0.3, -0.25) is 10.5 Å². The summed E-state index contributed by atoms with van der Waals surface area (Å²) in [5.41, 5.74) is 4.66. The first kappa shape index (κ1) is 14.8. The number of nitrogens with one attached hydrogen (secondary N) is 1. The standard InChI is InChI=1S/C14H19ClN4O/c1-3-6-19-9-10(8-17-19)14(18-16)12-7-11(15)4-5-13(12)20-2/h4-5,7-9,14,18H,3,6,16H2,1-2H3. The summed E-state index contributed by atoms with van der Waals surface area (Å²) >= 11 is 6.07. The minimum Gasteiger partial charge on any atom is -0.496 e. The molecule has 3 N–H and O–H groups in total. The molecule has 0 radical (unpaired) electrons. The predicted molar refractivity (Wildman–Crippen MR) is 79.7 cm³/mol. The fraction of sp³-hybridized carbons (Fsp3) is 0.357. The number of hydrogen-bond acceptors (Lipinski definition) is 4. The van der Waals surface area contributed by atoms with Gasteiger partial charge in [0.05, 0.1) is 19.3 Å². The molecule has 0 fully saturated rings. The third kappa shape index (κ3) is 3.12. The fourth-order valence-electron chi connectivity index (χ4n) is 2.18. The Morgan fingerprint density at radius 2 is 2.30 bits per heavy atom. The molecule has 2 rings (SSSR count). The van der Waals surface area contributed by atoms with Crippen LogP contribution in [0, 0.1) is 0 Å². The summed E-state index contributed by atoms with van der Waals surface area (Å²) in [6.45, 7) is 2.99. The highest BCUT2D eigenvalue weighted by Gasteiger charge is 2.19. The summed E-state index contributed by atoms with van der Waals surface area (Å²) in [4.78, 5) is 0. The lowest BCUT2D eigenvalue weighted by Gasteiger charge is -2.18. The summed E-state index contributed by atoms with van der Waals surface area (Å²) in [6.07, 6.45) is 4.82. The van der Waals surface area contributed by atoms with Gasteiger partial charge in [0.1, 0.15) is 5.75 Å². The zero-order valence-corrected chi connectivity index (χ0v) is 12.4. The Labute approximate surface area is 123 Å². The first-order chi connectivity index (χ1) is 9.69. The number of rotatable bonds is 6. The average Bonchev–Trinajstić information content (AvgIpc) is 2.89. The molecule has 0 bridgehead atoms. The summed E-state index contributed by atoms with van der Waals surface area (Å²) in [5.74, 6) is 6.44. The van der Waals surface area contributed by atoms with Crippen LogP contribution < -0.4 is 16.0 Å². The van der Waals surface area contributed by atoms with Crippen LogP contribution in [0.4, 0.5) is 0 Å². The lowest BCUT2D eigenvalue weighted by Crippen LogP contribution is -2.29. The second-order valence-corrected chi connectivity index (χ2v) is 4.96. The topological polar surface area (TPSA) is 65.1 Å². The average molecular weight is 295 g/mol. The quantitative estimate of drug-likeness (QED) is 0.635. The third-order valence-corrected chi connectivity index (χ3v) is 3.34. The van der Waals surface area contributed by atoms with Gasteiger partial charge < -0.3 is 4.74 Å². The van der Waals surface area contributed by atoms with Crippen LogP contribution in [0.15, 0.2) is 30.6 Å². The molecule has 0 saturated carbocycles. The molecule has 0 saturated heterocycles. The van der Waals surface area contributed by atoms with Crippen molar-refractivity contribution in [2.24, 2.45) is 5.84 Å². The van der Waals surface area contributed by atoms with E-state index in [-0.39, 0.29) is 6.04 Å². The maximum atomic E-state index is 6.07. The van der Waals surface area contributed by atoms with Gasteiger partial charge in [-0.1, -0.05) is 18.5 Å². The van der Waals surface area contributed by atoms with Gasteiger partial charge in [-0.2, -0.15) is 5.10 Å². The molecule has 5 nitrogen and oxygen atoms in total. The molecule has 6 heteroatoms. The molecule has 0 spiro atoms. The van der Waals surface area contributed by atoms with Gasteiger partial charge in [-0.05, 0) is 24.6 Å². The van der Waals surface area contributed by atoms with Crippen LogP contribution in [0.3, 0.4) is 0 Å². The van der Waals surface area contributed by atoms with Crippen molar-refractivity contribution in [2.45, 2.75) is 25.9 Å². The number of ether oxygens (including phenoxy) is 1. The number of benzene rings is 1. The molecular weight excluding hydrogens is 276 g/mol. The molecule has 2 aromatic rings. The van der Waals surface area contributed by atoms with Gasteiger partial charge in [-0.25, -0.2) is 5.43 Å². The molecule has 108 valence electrons. The molecule has 0 aliphatic rings. The van der Waals surface area contributed by atoms with Crippen LogP contribution in [0.5, 0.6) is 5.75 Å². The van der Waals surface area contributed by atoms with E-state index in [9.17, 15) is 0 Å². The van der Waals surface area contributed by atoms with Crippen molar-refractivity contribution < 1.29 is 4.74 Å². The van der Waals surface area contributed by atoms with Crippen molar-refractivity contribution in [1.82, 2.24) is 15.2 Å². The largest absolute Gasteiger partial charge is 0.496 e. The predicted octanol–water partition coefficient (Wildman–Crippen LogP) is 2.51. The smallest absolute Gasteiger partial charge is 0.124 e. The highest BCUT2D eigenvalue weighted by molar-refractivity contribution is 6.30. The van der Waals surface area contributed by atoms with Crippen molar-refractivity contribution in [2.75, 3.05) is 7.11 Å². The van der Waals surface area contributed by atoms with Gasteiger partial charge in [0.2, 0.25) is 0 Å². The maximum Gasteiger partial charge on any atom is 0.124 e. The Morgan fingerprint density at radius 1 is 1.50 bits per heavy atom. The third-order valence-electron chi connectivity index (χ3n) is 3.11. The van der Waals surface area contributed by atoms with Gasteiger partial charge >= 0.3 is 0 Å².